The molecule has 0 aliphatic rings. The van der Waals surface area contributed by atoms with E-state index in [1.165, 1.54) is 5.56 Å². The fourth-order valence-corrected chi connectivity index (χ4v) is 5.31. The van der Waals surface area contributed by atoms with Crippen LogP contribution < -0.4 is 5.73 Å². The Hall–Kier alpha value is -3.15. The highest BCUT2D eigenvalue weighted by Crippen LogP contribution is 2.35. The fourth-order valence-electron chi connectivity index (χ4n) is 5.02. The normalized spacial score (nSPS) is 12.3. The highest BCUT2D eigenvalue weighted by atomic mass is 35.5. The number of fused-ring (bicyclic) bond motifs is 1. The van der Waals surface area contributed by atoms with Crippen LogP contribution in [-0.2, 0) is 13.0 Å². The average molecular weight is 517 g/mol. The summed E-state index contributed by atoms with van der Waals surface area (Å²) in [5.74, 6) is 1.00. The molecule has 0 saturated carbocycles. The summed E-state index contributed by atoms with van der Waals surface area (Å²) >= 11 is 6.61. The van der Waals surface area contributed by atoms with E-state index in [4.69, 9.17) is 22.3 Å². The molecule has 2 N–H and O–H groups in total. The van der Waals surface area contributed by atoms with E-state index < -0.39 is 0 Å². The lowest BCUT2D eigenvalue weighted by molar-refractivity contribution is 0.0605. The van der Waals surface area contributed by atoms with Crippen LogP contribution in [0.3, 0.4) is 0 Å². The number of hydrogen-bond acceptors (Lipinski definition) is 3. The van der Waals surface area contributed by atoms with Crippen molar-refractivity contribution >= 4 is 28.5 Å². The van der Waals surface area contributed by atoms with Gasteiger partial charge >= 0.3 is 0 Å². The molecule has 1 heterocycles. The van der Waals surface area contributed by atoms with E-state index in [0.29, 0.717) is 31.6 Å². The summed E-state index contributed by atoms with van der Waals surface area (Å²) in [4.78, 5) is 21.2. The molecule has 194 valence electrons. The molecule has 1 unspecified atom stereocenters. The number of amides is 1. The maximum Gasteiger partial charge on any atom is 0.254 e. The van der Waals surface area contributed by atoms with Gasteiger partial charge in [-0.2, -0.15) is 0 Å². The van der Waals surface area contributed by atoms with E-state index in [-0.39, 0.29) is 17.9 Å². The molecule has 0 radical (unpaired) electrons. The third-order valence-corrected chi connectivity index (χ3v) is 7.28. The first-order valence-corrected chi connectivity index (χ1v) is 13.5. The Bertz CT molecular complexity index is 1350. The lowest BCUT2D eigenvalue weighted by Crippen LogP contribution is -2.40. The van der Waals surface area contributed by atoms with Crippen LogP contribution in [0.1, 0.15) is 66.1 Å². The van der Waals surface area contributed by atoms with Crippen molar-refractivity contribution in [2.75, 3.05) is 13.1 Å². The summed E-state index contributed by atoms with van der Waals surface area (Å²) in [7, 11) is 0. The van der Waals surface area contributed by atoms with Crippen LogP contribution in [0.15, 0.2) is 66.7 Å². The summed E-state index contributed by atoms with van der Waals surface area (Å²) < 4.78 is 2.27. The topological polar surface area (TPSA) is 64.2 Å². The summed E-state index contributed by atoms with van der Waals surface area (Å²) in [6.07, 6.45) is 1.50. The van der Waals surface area contributed by atoms with E-state index >= 15 is 0 Å². The minimum Gasteiger partial charge on any atom is -0.330 e. The molecule has 1 amide bonds. The van der Waals surface area contributed by atoms with Crippen molar-refractivity contribution < 1.29 is 4.79 Å². The molecule has 0 fully saturated rings. The second kappa shape index (κ2) is 11.9. The highest BCUT2D eigenvalue weighted by Gasteiger charge is 2.33. The molecule has 37 heavy (non-hydrogen) atoms. The Morgan fingerprint density at radius 3 is 2.38 bits per heavy atom. The molecule has 0 aliphatic carbocycles. The number of nitrogens with two attached hydrogens (primary N) is 1. The van der Waals surface area contributed by atoms with Gasteiger partial charge in [-0.05, 0) is 67.6 Å². The molecule has 0 aliphatic heterocycles. The number of carbonyl (C=O) groups excluding carboxylic acids is 1. The number of aryl methyl sites for hydroxylation is 2. The van der Waals surface area contributed by atoms with E-state index in [2.05, 4.69) is 55.7 Å². The SMILES string of the molecule is CCc1c(Cl)ccc2c1nc(C(C(C)C)N(CCCN)C(=O)c1ccc(C)cc1)n2Cc1ccccc1. The predicted molar refractivity (Wildman–Crippen MR) is 153 cm³/mol. The van der Waals surface area contributed by atoms with Crippen LogP contribution in [-0.4, -0.2) is 33.4 Å². The molecule has 5 nitrogen and oxygen atoms in total. The first-order valence-electron chi connectivity index (χ1n) is 13.1. The van der Waals surface area contributed by atoms with Gasteiger partial charge in [0.1, 0.15) is 5.82 Å². The van der Waals surface area contributed by atoms with Crippen molar-refractivity contribution in [2.45, 2.75) is 53.1 Å². The summed E-state index contributed by atoms with van der Waals surface area (Å²) in [6, 6.07) is 21.9. The predicted octanol–water partition coefficient (Wildman–Crippen LogP) is 6.80. The maximum atomic E-state index is 14.0. The molecule has 3 aromatic carbocycles. The van der Waals surface area contributed by atoms with Crippen molar-refractivity contribution in [3.8, 4) is 0 Å². The van der Waals surface area contributed by atoms with Gasteiger partial charge < -0.3 is 15.2 Å². The molecule has 4 rings (SSSR count). The van der Waals surface area contributed by atoms with Crippen LogP contribution in [0.5, 0.6) is 0 Å². The van der Waals surface area contributed by atoms with Crippen molar-refractivity contribution in [3.05, 3.63) is 99.8 Å². The van der Waals surface area contributed by atoms with Crippen molar-refractivity contribution in [1.29, 1.82) is 0 Å². The average Bonchev–Trinajstić information content (AvgIpc) is 3.24. The summed E-state index contributed by atoms with van der Waals surface area (Å²) in [6.45, 7) is 10.2. The van der Waals surface area contributed by atoms with Gasteiger partial charge in [-0.15, -0.1) is 0 Å². The number of imidazole rings is 1. The van der Waals surface area contributed by atoms with Gasteiger partial charge in [0.2, 0.25) is 0 Å². The van der Waals surface area contributed by atoms with Crippen molar-refractivity contribution in [1.82, 2.24) is 14.5 Å². The highest BCUT2D eigenvalue weighted by molar-refractivity contribution is 6.32. The van der Waals surface area contributed by atoms with Crippen LogP contribution in [0.4, 0.5) is 0 Å². The first-order chi connectivity index (χ1) is 17.8. The molecular formula is C31H37ClN4O. The van der Waals surface area contributed by atoms with Crippen LogP contribution in [0.2, 0.25) is 5.02 Å². The molecular weight excluding hydrogens is 480 g/mol. The Morgan fingerprint density at radius 2 is 1.76 bits per heavy atom. The number of halogens is 1. The molecule has 6 heteroatoms. The van der Waals surface area contributed by atoms with Crippen molar-refractivity contribution in [2.24, 2.45) is 11.7 Å². The Kier molecular flexibility index (Phi) is 8.67. The minimum absolute atomic E-state index is 0.000727. The second-order valence-corrected chi connectivity index (χ2v) is 10.4. The monoisotopic (exact) mass is 516 g/mol. The molecule has 1 aromatic heterocycles. The molecule has 0 spiro atoms. The zero-order valence-electron chi connectivity index (χ0n) is 22.2. The number of carbonyl (C=O) groups is 1. The summed E-state index contributed by atoms with van der Waals surface area (Å²) in [5.41, 5.74) is 11.9. The Labute approximate surface area is 225 Å². The second-order valence-electron chi connectivity index (χ2n) is 9.98. The van der Waals surface area contributed by atoms with Gasteiger partial charge in [-0.25, -0.2) is 4.98 Å². The van der Waals surface area contributed by atoms with Gasteiger partial charge in [0.25, 0.3) is 5.91 Å². The minimum atomic E-state index is -0.236. The van der Waals surface area contributed by atoms with E-state index in [0.717, 1.165) is 39.4 Å². The number of rotatable bonds is 10. The first kappa shape index (κ1) is 26.9. The Balaban J connectivity index is 1.91. The van der Waals surface area contributed by atoms with Gasteiger partial charge in [-0.3, -0.25) is 4.79 Å². The van der Waals surface area contributed by atoms with Crippen LogP contribution >= 0.6 is 11.6 Å². The van der Waals surface area contributed by atoms with Crippen molar-refractivity contribution in [3.63, 3.8) is 0 Å². The quantitative estimate of drug-likeness (QED) is 0.252. The molecule has 1 atom stereocenters. The standard InChI is InChI=1S/C31H37ClN4O/c1-5-25-26(32)16-17-27-28(25)34-30(36(27)20-23-10-7-6-8-11-23)29(21(2)3)35(19-9-18-33)31(37)24-14-12-22(4)13-15-24/h6-8,10-17,21,29H,5,9,18-20,33H2,1-4H3. The lowest BCUT2D eigenvalue weighted by atomic mass is 9.99. The van der Waals surface area contributed by atoms with E-state index in [1.807, 2.05) is 48.2 Å². The molecule has 0 saturated heterocycles. The van der Waals surface area contributed by atoms with Gasteiger partial charge in [0.05, 0.1) is 17.1 Å². The zero-order chi connectivity index (χ0) is 26.5. The fraction of sp³-hybridized carbons (Fsp3) is 0.355. The zero-order valence-corrected chi connectivity index (χ0v) is 23.0. The van der Waals surface area contributed by atoms with E-state index in [9.17, 15) is 4.79 Å². The number of aromatic nitrogens is 2. The number of nitrogens with zero attached hydrogens (tertiary/aromatic N) is 3. The third-order valence-electron chi connectivity index (χ3n) is 6.93. The number of hydrogen-bond donors (Lipinski definition) is 1. The van der Waals surface area contributed by atoms with Gasteiger partial charge in [0.15, 0.2) is 0 Å². The lowest BCUT2D eigenvalue weighted by Gasteiger charge is -2.34. The molecule has 4 aromatic rings. The molecule has 0 bridgehead atoms. The summed E-state index contributed by atoms with van der Waals surface area (Å²) in [5, 5.41) is 0.725. The Morgan fingerprint density at radius 1 is 1.05 bits per heavy atom. The third kappa shape index (κ3) is 5.73. The van der Waals surface area contributed by atoms with Crippen LogP contribution in [0.25, 0.3) is 11.0 Å². The smallest absolute Gasteiger partial charge is 0.254 e. The van der Waals surface area contributed by atoms with Gasteiger partial charge in [-0.1, -0.05) is 80.4 Å². The van der Waals surface area contributed by atoms with Gasteiger partial charge in [0, 0.05) is 23.7 Å². The number of benzene rings is 3. The maximum absolute atomic E-state index is 14.0. The van der Waals surface area contributed by atoms with Crippen LogP contribution in [0, 0.1) is 12.8 Å². The van der Waals surface area contributed by atoms with E-state index in [1.54, 1.807) is 0 Å². The largest absolute Gasteiger partial charge is 0.330 e.